The maximum Gasteiger partial charge on any atom is 0.408 e. The molecular weight excluding hydrogens is 302 g/mol. The molecule has 0 aromatic heterocycles. The van der Waals surface area contributed by atoms with E-state index < -0.39 is 36.1 Å². The number of benzene rings is 1. The summed E-state index contributed by atoms with van der Waals surface area (Å²) in [7, 11) is 0. The largest absolute Gasteiger partial charge is 0.480 e. The smallest absolute Gasteiger partial charge is 0.408 e. The number of carboxylic acids is 1. The van der Waals surface area contributed by atoms with Crippen LogP contribution in [-0.4, -0.2) is 34.8 Å². The molecule has 1 aromatic rings. The Kier molecular flexibility index (Phi) is 6.56. The fourth-order valence-electron chi connectivity index (χ4n) is 1.66. The van der Waals surface area contributed by atoms with Gasteiger partial charge >= 0.3 is 18.0 Å². The number of amides is 1. The predicted octanol–water partition coefficient (Wildman–Crippen LogP) is 2.10. The van der Waals surface area contributed by atoms with Crippen LogP contribution in [0.3, 0.4) is 0 Å². The fraction of sp³-hybridized carbons (Fsp3) is 0.438. The molecule has 0 bridgehead atoms. The van der Waals surface area contributed by atoms with Crippen LogP contribution >= 0.6 is 0 Å². The standard InChI is InChI=1S/C16H21NO6/c1-16(2,3)23-13(18)9-12(14(19)20)17-15(21)22-10-11-7-5-4-6-8-11/h4-8,12H,9-10H2,1-3H3,(H,17,21)(H,19,20)/t12-/m0/s1. The van der Waals surface area contributed by atoms with Crippen LogP contribution in [0.2, 0.25) is 0 Å². The van der Waals surface area contributed by atoms with Crippen LogP contribution in [0, 0.1) is 0 Å². The van der Waals surface area contributed by atoms with E-state index in [1.54, 1.807) is 45.0 Å². The minimum atomic E-state index is -1.41. The van der Waals surface area contributed by atoms with Gasteiger partial charge in [-0.2, -0.15) is 0 Å². The molecule has 1 atom stereocenters. The fourth-order valence-corrected chi connectivity index (χ4v) is 1.66. The molecule has 0 fully saturated rings. The number of rotatable bonds is 6. The van der Waals surface area contributed by atoms with Crippen LogP contribution in [0.25, 0.3) is 0 Å². The Balaban J connectivity index is 2.50. The van der Waals surface area contributed by atoms with E-state index in [4.69, 9.17) is 14.6 Å². The average Bonchev–Trinajstić information content (AvgIpc) is 2.43. The number of nitrogens with one attached hydrogen (secondary N) is 1. The van der Waals surface area contributed by atoms with Crippen LogP contribution in [0.1, 0.15) is 32.8 Å². The van der Waals surface area contributed by atoms with Gasteiger partial charge in [-0.05, 0) is 26.3 Å². The van der Waals surface area contributed by atoms with Gasteiger partial charge in [-0.3, -0.25) is 4.79 Å². The van der Waals surface area contributed by atoms with E-state index in [1.807, 2.05) is 6.07 Å². The Morgan fingerprint density at radius 2 is 1.78 bits per heavy atom. The number of aliphatic carboxylic acids is 1. The van der Waals surface area contributed by atoms with Gasteiger partial charge in [-0.1, -0.05) is 30.3 Å². The highest BCUT2D eigenvalue weighted by atomic mass is 16.6. The predicted molar refractivity (Wildman–Crippen MR) is 81.6 cm³/mol. The monoisotopic (exact) mass is 323 g/mol. The Morgan fingerprint density at radius 3 is 2.30 bits per heavy atom. The van der Waals surface area contributed by atoms with Gasteiger partial charge in [0.25, 0.3) is 0 Å². The molecule has 0 spiro atoms. The van der Waals surface area contributed by atoms with Gasteiger partial charge in [0.15, 0.2) is 0 Å². The molecule has 0 saturated heterocycles. The summed E-state index contributed by atoms with van der Waals surface area (Å²) in [6.45, 7) is 5.01. The second kappa shape index (κ2) is 8.17. The van der Waals surface area contributed by atoms with Crippen LogP contribution in [0.4, 0.5) is 4.79 Å². The Morgan fingerprint density at radius 1 is 1.17 bits per heavy atom. The van der Waals surface area contributed by atoms with Crippen LogP contribution < -0.4 is 5.32 Å². The lowest BCUT2D eigenvalue weighted by Crippen LogP contribution is -2.43. The topological polar surface area (TPSA) is 102 Å². The second-order valence-corrected chi connectivity index (χ2v) is 5.89. The minimum absolute atomic E-state index is 0.00541. The van der Waals surface area contributed by atoms with Crippen molar-refractivity contribution in [3.05, 3.63) is 35.9 Å². The van der Waals surface area contributed by atoms with E-state index in [1.165, 1.54) is 0 Å². The minimum Gasteiger partial charge on any atom is -0.480 e. The SMILES string of the molecule is CC(C)(C)OC(=O)C[C@H](NC(=O)OCc1ccccc1)C(=O)O. The second-order valence-electron chi connectivity index (χ2n) is 5.89. The van der Waals surface area contributed by atoms with Crippen molar-refractivity contribution >= 4 is 18.0 Å². The summed E-state index contributed by atoms with van der Waals surface area (Å²) in [4.78, 5) is 34.4. The summed E-state index contributed by atoms with van der Waals surface area (Å²) in [6, 6.07) is 7.53. The molecule has 23 heavy (non-hydrogen) atoms. The maximum atomic E-state index is 11.7. The molecule has 0 aliphatic carbocycles. The quantitative estimate of drug-likeness (QED) is 0.777. The zero-order valence-electron chi connectivity index (χ0n) is 13.4. The van der Waals surface area contributed by atoms with Crippen molar-refractivity contribution in [1.29, 1.82) is 0 Å². The van der Waals surface area contributed by atoms with Crippen LogP contribution in [-0.2, 0) is 25.7 Å². The van der Waals surface area contributed by atoms with Crippen molar-refractivity contribution < 1.29 is 29.0 Å². The molecular formula is C16H21NO6. The third-order valence-electron chi connectivity index (χ3n) is 2.59. The summed E-state index contributed by atoms with van der Waals surface area (Å²) in [6.07, 6.45) is -1.39. The van der Waals surface area contributed by atoms with Gasteiger partial charge in [-0.15, -0.1) is 0 Å². The Hall–Kier alpha value is -2.57. The zero-order chi connectivity index (χ0) is 17.5. The highest BCUT2D eigenvalue weighted by molar-refractivity contribution is 5.85. The van der Waals surface area contributed by atoms with E-state index in [0.717, 1.165) is 5.56 Å². The van der Waals surface area contributed by atoms with Crippen molar-refractivity contribution in [3.63, 3.8) is 0 Å². The number of hydrogen-bond donors (Lipinski definition) is 2. The lowest BCUT2D eigenvalue weighted by Gasteiger charge is -2.21. The van der Waals surface area contributed by atoms with Gasteiger partial charge in [0.05, 0.1) is 6.42 Å². The molecule has 0 aliphatic heterocycles. The lowest BCUT2D eigenvalue weighted by atomic mass is 10.1. The molecule has 7 nitrogen and oxygen atoms in total. The van der Waals surface area contributed by atoms with Crippen molar-refractivity contribution in [2.24, 2.45) is 0 Å². The number of ether oxygens (including phenoxy) is 2. The molecule has 2 N–H and O–H groups in total. The highest BCUT2D eigenvalue weighted by Crippen LogP contribution is 2.09. The normalized spacial score (nSPS) is 12.1. The van der Waals surface area contributed by atoms with Crippen LogP contribution in [0.15, 0.2) is 30.3 Å². The maximum absolute atomic E-state index is 11.7. The number of alkyl carbamates (subject to hydrolysis) is 1. The summed E-state index contributed by atoms with van der Waals surface area (Å²) in [5.41, 5.74) is 0.0372. The Bertz CT molecular complexity index is 549. The summed E-state index contributed by atoms with van der Waals surface area (Å²) < 4.78 is 9.96. The number of carbonyl (C=O) groups is 3. The number of esters is 1. The van der Waals surface area contributed by atoms with Crippen LogP contribution in [0.5, 0.6) is 0 Å². The average molecular weight is 323 g/mol. The summed E-state index contributed by atoms with van der Waals surface area (Å²) in [5, 5.41) is 11.2. The third-order valence-corrected chi connectivity index (χ3v) is 2.59. The molecule has 0 aliphatic rings. The molecule has 7 heteroatoms. The van der Waals surface area contributed by atoms with E-state index in [0.29, 0.717) is 0 Å². The van der Waals surface area contributed by atoms with Gasteiger partial charge in [0.2, 0.25) is 0 Å². The van der Waals surface area contributed by atoms with Gasteiger partial charge in [0, 0.05) is 0 Å². The Labute approximate surface area is 134 Å². The van der Waals surface area contributed by atoms with Gasteiger partial charge in [0.1, 0.15) is 18.2 Å². The van der Waals surface area contributed by atoms with E-state index in [2.05, 4.69) is 5.32 Å². The number of hydrogen-bond acceptors (Lipinski definition) is 5. The van der Waals surface area contributed by atoms with E-state index >= 15 is 0 Å². The lowest BCUT2D eigenvalue weighted by molar-refractivity contribution is -0.158. The highest BCUT2D eigenvalue weighted by Gasteiger charge is 2.27. The first-order valence-electron chi connectivity index (χ1n) is 7.09. The van der Waals surface area contributed by atoms with Crippen molar-refractivity contribution in [2.45, 2.75) is 45.4 Å². The molecule has 0 saturated carbocycles. The zero-order valence-corrected chi connectivity index (χ0v) is 13.4. The molecule has 1 rings (SSSR count). The number of carbonyl (C=O) groups excluding carboxylic acids is 2. The van der Waals surface area contributed by atoms with E-state index in [-0.39, 0.29) is 6.61 Å². The van der Waals surface area contributed by atoms with Gasteiger partial charge in [-0.25, -0.2) is 9.59 Å². The third kappa shape index (κ3) is 7.85. The molecule has 0 heterocycles. The van der Waals surface area contributed by atoms with Crippen molar-refractivity contribution in [1.82, 2.24) is 5.32 Å². The first-order valence-corrected chi connectivity index (χ1v) is 7.09. The molecule has 126 valence electrons. The first kappa shape index (κ1) is 18.5. The summed E-state index contributed by atoms with van der Waals surface area (Å²) >= 11 is 0. The van der Waals surface area contributed by atoms with Gasteiger partial charge < -0.3 is 19.9 Å². The molecule has 1 amide bonds. The van der Waals surface area contributed by atoms with E-state index in [9.17, 15) is 14.4 Å². The molecule has 1 aromatic carbocycles. The molecule has 0 unspecified atom stereocenters. The molecule has 0 radical (unpaired) electrons. The first-order chi connectivity index (χ1) is 10.7. The van der Waals surface area contributed by atoms with Crippen molar-refractivity contribution in [2.75, 3.05) is 0 Å². The number of carboxylic acid groups (broad SMARTS) is 1. The summed E-state index contributed by atoms with van der Waals surface area (Å²) in [5.74, 6) is -2.05. The van der Waals surface area contributed by atoms with Crippen molar-refractivity contribution in [3.8, 4) is 0 Å².